The Morgan fingerprint density at radius 1 is 1.40 bits per heavy atom. The predicted octanol–water partition coefficient (Wildman–Crippen LogP) is 1.94. The number of aromatic nitrogens is 1. The van der Waals surface area contributed by atoms with Crippen molar-refractivity contribution in [3.63, 3.8) is 0 Å². The van der Waals surface area contributed by atoms with Crippen molar-refractivity contribution >= 4 is 12.0 Å². The summed E-state index contributed by atoms with van der Waals surface area (Å²) in [4.78, 5) is 18.1. The average molecular weight is 273 g/mol. The van der Waals surface area contributed by atoms with E-state index in [0.717, 1.165) is 18.7 Å². The van der Waals surface area contributed by atoms with E-state index in [0.29, 0.717) is 5.92 Å². The molecular formula is C16H23N3O. The molecule has 0 aliphatic carbocycles. The van der Waals surface area contributed by atoms with E-state index in [4.69, 9.17) is 0 Å². The molecule has 1 aromatic rings. The Hall–Kier alpha value is -1.68. The molecule has 4 heteroatoms. The maximum absolute atomic E-state index is 11.7. The van der Waals surface area contributed by atoms with Crippen LogP contribution in [0.5, 0.6) is 0 Å². The summed E-state index contributed by atoms with van der Waals surface area (Å²) in [6.45, 7) is 6.41. The molecule has 0 radical (unpaired) electrons. The molecule has 0 bridgehead atoms. The summed E-state index contributed by atoms with van der Waals surface area (Å²) in [5, 5.41) is 2.96. The number of likely N-dealkylation sites (tertiary alicyclic amines) is 1. The molecule has 0 aromatic carbocycles. The molecule has 1 atom stereocenters. The van der Waals surface area contributed by atoms with Crippen molar-refractivity contribution in [1.29, 1.82) is 0 Å². The van der Waals surface area contributed by atoms with Gasteiger partial charge in [0, 0.05) is 31.6 Å². The van der Waals surface area contributed by atoms with Gasteiger partial charge in [-0.1, -0.05) is 6.92 Å². The third kappa shape index (κ3) is 5.13. The van der Waals surface area contributed by atoms with Crippen molar-refractivity contribution in [3.05, 3.63) is 36.2 Å². The van der Waals surface area contributed by atoms with E-state index in [1.165, 1.54) is 25.9 Å². The van der Waals surface area contributed by atoms with Gasteiger partial charge in [0.1, 0.15) is 0 Å². The highest BCUT2D eigenvalue weighted by Crippen LogP contribution is 2.09. The second-order valence-corrected chi connectivity index (χ2v) is 5.47. The zero-order valence-electron chi connectivity index (χ0n) is 12.1. The normalized spacial score (nSPS) is 17.4. The van der Waals surface area contributed by atoms with Crippen LogP contribution >= 0.6 is 0 Å². The number of amides is 1. The van der Waals surface area contributed by atoms with E-state index >= 15 is 0 Å². The maximum atomic E-state index is 11.7. The van der Waals surface area contributed by atoms with Gasteiger partial charge < -0.3 is 10.2 Å². The second kappa shape index (κ2) is 7.80. The van der Waals surface area contributed by atoms with Crippen molar-refractivity contribution in [2.75, 3.05) is 26.2 Å². The molecule has 4 nitrogen and oxygen atoms in total. The third-order valence-corrected chi connectivity index (χ3v) is 3.53. The van der Waals surface area contributed by atoms with Crippen molar-refractivity contribution in [2.24, 2.45) is 5.92 Å². The van der Waals surface area contributed by atoms with Crippen LogP contribution in [0.1, 0.15) is 25.3 Å². The molecule has 1 N–H and O–H groups in total. The van der Waals surface area contributed by atoms with E-state index in [-0.39, 0.29) is 5.91 Å². The fourth-order valence-electron chi connectivity index (χ4n) is 2.45. The lowest BCUT2D eigenvalue weighted by atomic mass is 10.1. The molecule has 1 aromatic heterocycles. The predicted molar refractivity (Wildman–Crippen MR) is 81.1 cm³/mol. The molecule has 1 fully saturated rings. The van der Waals surface area contributed by atoms with Crippen LogP contribution in [-0.4, -0.2) is 42.0 Å². The monoisotopic (exact) mass is 273 g/mol. The maximum Gasteiger partial charge on any atom is 0.244 e. The zero-order valence-corrected chi connectivity index (χ0v) is 12.1. The number of hydrogen-bond donors (Lipinski definition) is 1. The quantitative estimate of drug-likeness (QED) is 0.806. The van der Waals surface area contributed by atoms with Crippen molar-refractivity contribution in [3.8, 4) is 0 Å². The number of nitrogens with zero attached hydrogens (tertiary/aromatic N) is 2. The molecule has 2 heterocycles. The molecule has 1 unspecified atom stereocenters. The highest BCUT2D eigenvalue weighted by Gasteiger charge is 2.14. The SMILES string of the molecule is CC(CNC(=O)C=Cc1ccncc1)CN1CCCC1. The van der Waals surface area contributed by atoms with Crippen LogP contribution in [0, 0.1) is 5.92 Å². The summed E-state index contributed by atoms with van der Waals surface area (Å²) in [7, 11) is 0. The highest BCUT2D eigenvalue weighted by molar-refractivity contribution is 5.91. The molecule has 108 valence electrons. The molecule has 20 heavy (non-hydrogen) atoms. The number of nitrogens with one attached hydrogen (secondary N) is 1. The lowest BCUT2D eigenvalue weighted by Gasteiger charge is -2.20. The Bertz CT molecular complexity index is 438. The van der Waals surface area contributed by atoms with E-state index in [1.54, 1.807) is 18.5 Å². The van der Waals surface area contributed by atoms with Crippen molar-refractivity contribution < 1.29 is 4.79 Å². The summed E-state index contributed by atoms with van der Waals surface area (Å²) in [6.07, 6.45) is 9.45. The molecule has 2 rings (SSSR count). The minimum Gasteiger partial charge on any atom is -0.352 e. The third-order valence-electron chi connectivity index (χ3n) is 3.53. The van der Waals surface area contributed by atoms with Crippen molar-refractivity contribution in [1.82, 2.24) is 15.2 Å². The molecular weight excluding hydrogens is 250 g/mol. The minimum absolute atomic E-state index is 0.0323. The molecule has 0 saturated carbocycles. The fourth-order valence-corrected chi connectivity index (χ4v) is 2.45. The van der Waals surface area contributed by atoms with Gasteiger partial charge in [-0.15, -0.1) is 0 Å². The van der Waals surface area contributed by atoms with Gasteiger partial charge in [-0.3, -0.25) is 9.78 Å². The summed E-state index contributed by atoms with van der Waals surface area (Å²) in [5.41, 5.74) is 0.986. The van der Waals surface area contributed by atoms with Gasteiger partial charge in [0.25, 0.3) is 0 Å². The smallest absolute Gasteiger partial charge is 0.244 e. The van der Waals surface area contributed by atoms with Gasteiger partial charge in [0.2, 0.25) is 5.91 Å². The summed E-state index contributed by atoms with van der Waals surface area (Å²) < 4.78 is 0. The molecule has 1 saturated heterocycles. The van der Waals surface area contributed by atoms with Gasteiger partial charge >= 0.3 is 0 Å². The summed E-state index contributed by atoms with van der Waals surface area (Å²) in [5.74, 6) is 0.460. The number of carbonyl (C=O) groups excluding carboxylic acids is 1. The van der Waals surface area contributed by atoms with Crippen LogP contribution < -0.4 is 5.32 Å². The lowest BCUT2D eigenvalue weighted by Crippen LogP contribution is -2.33. The molecule has 1 aliphatic rings. The lowest BCUT2D eigenvalue weighted by molar-refractivity contribution is -0.116. The Balaban J connectivity index is 1.67. The Kier molecular flexibility index (Phi) is 5.74. The first kappa shape index (κ1) is 14.7. The summed E-state index contributed by atoms with van der Waals surface area (Å²) in [6, 6.07) is 3.75. The first-order valence-electron chi connectivity index (χ1n) is 7.32. The first-order valence-corrected chi connectivity index (χ1v) is 7.32. The highest BCUT2D eigenvalue weighted by atomic mass is 16.1. The van der Waals surface area contributed by atoms with Gasteiger partial charge in [-0.25, -0.2) is 0 Å². The fraction of sp³-hybridized carbons (Fsp3) is 0.500. The van der Waals surface area contributed by atoms with E-state index in [2.05, 4.69) is 22.1 Å². The van der Waals surface area contributed by atoms with Crippen molar-refractivity contribution in [2.45, 2.75) is 19.8 Å². The van der Waals surface area contributed by atoms with Gasteiger partial charge in [-0.2, -0.15) is 0 Å². The van der Waals surface area contributed by atoms with Crippen LogP contribution in [-0.2, 0) is 4.79 Å². The van der Waals surface area contributed by atoms with Crippen LogP contribution in [0.3, 0.4) is 0 Å². The van der Waals surface area contributed by atoms with Crippen LogP contribution in [0.4, 0.5) is 0 Å². The standard InChI is InChI=1S/C16H23N3O/c1-14(13-19-10-2-3-11-19)12-18-16(20)5-4-15-6-8-17-9-7-15/h4-9,14H,2-3,10-13H2,1H3,(H,18,20). The molecule has 1 amide bonds. The van der Waals surface area contributed by atoms with Gasteiger partial charge in [0.05, 0.1) is 0 Å². The van der Waals surface area contributed by atoms with Gasteiger partial charge in [0.15, 0.2) is 0 Å². The molecule has 0 spiro atoms. The van der Waals surface area contributed by atoms with Crippen LogP contribution in [0.25, 0.3) is 6.08 Å². The van der Waals surface area contributed by atoms with E-state index in [9.17, 15) is 4.79 Å². The minimum atomic E-state index is -0.0323. The number of rotatable bonds is 6. The van der Waals surface area contributed by atoms with E-state index in [1.807, 2.05) is 18.2 Å². The van der Waals surface area contributed by atoms with Crippen LogP contribution in [0.15, 0.2) is 30.6 Å². The van der Waals surface area contributed by atoms with Gasteiger partial charge in [-0.05, 0) is 55.6 Å². The van der Waals surface area contributed by atoms with E-state index < -0.39 is 0 Å². The zero-order chi connectivity index (χ0) is 14.2. The Morgan fingerprint density at radius 2 is 2.10 bits per heavy atom. The largest absolute Gasteiger partial charge is 0.352 e. The Labute approximate surface area is 120 Å². The summed E-state index contributed by atoms with van der Waals surface area (Å²) >= 11 is 0. The molecule has 1 aliphatic heterocycles. The second-order valence-electron chi connectivity index (χ2n) is 5.47. The Morgan fingerprint density at radius 3 is 2.80 bits per heavy atom. The average Bonchev–Trinajstić information content (AvgIpc) is 2.97. The number of carbonyl (C=O) groups is 1. The topological polar surface area (TPSA) is 45.2 Å². The number of hydrogen-bond acceptors (Lipinski definition) is 3. The number of pyridine rings is 1. The first-order chi connectivity index (χ1) is 9.74. The van der Waals surface area contributed by atoms with Crippen LogP contribution in [0.2, 0.25) is 0 Å².